The maximum atomic E-state index is 5.92. The zero-order valence-corrected chi connectivity index (χ0v) is 12.3. The Hall–Kier alpha value is -1.29. The van der Waals surface area contributed by atoms with E-state index in [1.54, 1.807) is 0 Å². The van der Waals surface area contributed by atoms with Crippen molar-refractivity contribution in [3.8, 4) is 10.6 Å². The van der Waals surface area contributed by atoms with Gasteiger partial charge < -0.3 is 10.3 Å². The van der Waals surface area contributed by atoms with Crippen molar-refractivity contribution in [3.05, 3.63) is 22.1 Å². The molecule has 2 aromatic rings. The minimum atomic E-state index is 0.482. The predicted molar refractivity (Wildman–Crippen MR) is 79.4 cm³/mol. The normalized spacial score (nSPS) is 14.9. The highest BCUT2D eigenvalue weighted by Crippen LogP contribution is 2.38. The van der Waals surface area contributed by atoms with Crippen LogP contribution in [-0.4, -0.2) is 5.16 Å². The lowest BCUT2D eigenvalue weighted by Crippen LogP contribution is -1.98. The molecule has 2 aromatic heterocycles. The summed E-state index contributed by atoms with van der Waals surface area (Å²) in [5.41, 5.74) is 9.47. The molecule has 0 aliphatic heterocycles. The molecule has 0 amide bonds. The van der Waals surface area contributed by atoms with Crippen LogP contribution in [0.5, 0.6) is 0 Å². The van der Waals surface area contributed by atoms with Crippen molar-refractivity contribution < 1.29 is 4.52 Å². The van der Waals surface area contributed by atoms with Crippen molar-refractivity contribution in [2.75, 3.05) is 5.73 Å². The molecule has 0 saturated heterocycles. The molecule has 1 aliphatic rings. The highest BCUT2D eigenvalue weighted by atomic mass is 32.1. The third kappa shape index (κ3) is 2.41. The van der Waals surface area contributed by atoms with Gasteiger partial charge in [-0.25, -0.2) is 0 Å². The maximum absolute atomic E-state index is 5.92. The van der Waals surface area contributed by atoms with Crippen LogP contribution >= 0.6 is 11.3 Å². The molecule has 0 saturated carbocycles. The lowest BCUT2D eigenvalue weighted by molar-refractivity contribution is 0.438. The number of hydrogen-bond donors (Lipinski definition) is 1. The number of hydrogen-bond acceptors (Lipinski definition) is 4. The van der Waals surface area contributed by atoms with Gasteiger partial charge in [-0.2, -0.15) is 0 Å². The number of nitrogens with two attached hydrogens (primary N) is 1. The molecule has 0 atom stereocenters. The zero-order valence-electron chi connectivity index (χ0n) is 11.5. The second kappa shape index (κ2) is 5.00. The summed E-state index contributed by atoms with van der Waals surface area (Å²) in [6, 6.07) is 2.29. The minimum Gasteiger partial charge on any atom is -0.367 e. The second-order valence-electron chi connectivity index (χ2n) is 5.74. The molecular weight excluding hydrogens is 256 g/mol. The Morgan fingerprint density at radius 3 is 2.89 bits per heavy atom. The van der Waals surface area contributed by atoms with Crippen molar-refractivity contribution >= 4 is 17.2 Å². The van der Waals surface area contributed by atoms with Crippen LogP contribution in [0.4, 0.5) is 5.88 Å². The molecule has 2 N–H and O–H groups in total. The molecule has 0 unspecified atom stereocenters. The quantitative estimate of drug-likeness (QED) is 0.919. The van der Waals surface area contributed by atoms with Gasteiger partial charge >= 0.3 is 0 Å². The first-order valence-corrected chi connectivity index (χ1v) is 7.82. The van der Waals surface area contributed by atoms with Crippen molar-refractivity contribution in [3.63, 3.8) is 0 Å². The first kappa shape index (κ1) is 12.7. The number of thiophene rings is 1. The van der Waals surface area contributed by atoms with E-state index in [-0.39, 0.29) is 0 Å². The van der Waals surface area contributed by atoms with Gasteiger partial charge in [0.25, 0.3) is 0 Å². The van der Waals surface area contributed by atoms with E-state index in [2.05, 4.69) is 25.1 Å². The van der Waals surface area contributed by atoms with Crippen molar-refractivity contribution in [1.29, 1.82) is 0 Å². The Bertz CT molecular complexity index is 559. The van der Waals surface area contributed by atoms with E-state index in [1.165, 1.54) is 41.0 Å². The fourth-order valence-corrected chi connectivity index (χ4v) is 3.99. The van der Waals surface area contributed by atoms with Gasteiger partial charge in [0.1, 0.15) is 5.69 Å². The molecule has 102 valence electrons. The molecule has 3 rings (SSSR count). The Kier molecular flexibility index (Phi) is 3.35. The first-order valence-electron chi connectivity index (χ1n) is 7.01. The summed E-state index contributed by atoms with van der Waals surface area (Å²) in [5.74, 6) is 1.03. The number of nitrogens with zero attached hydrogens (tertiary/aromatic N) is 1. The van der Waals surface area contributed by atoms with Gasteiger partial charge in [-0.15, -0.1) is 11.3 Å². The molecule has 4 heteroatoms. The van der Waals surface area contributed by atoms with Crippen LogP contribution in [0.3, 0.4) is 0 Å². The maximum Gasteiger partial charge on any atom is 0.225 e. The highest BCUT2D eigenvalue weighted by molar-refractivity contribution is 7.15. The number of nitrogen functional groups attached to an aromatic ring is 1. The Morgan fingerprint density at radius 1 is 1.37 bits per heavy atom. The van der Waals surface area contributed by atoms with Gasteiger partial charge in [0.15, 0.2) is 0 Å². The van der Waals surface area contributed by atoms with Gasteiger partial charge in [0.05, 0.1) is 4.88 Å². The average molecular weight is 276 g/mol. The number of anilines is 1. The zero-order chi connectivity index (χ0) is 13.4. The summed E-state index contributed by atoms with van der Waals surface area (Å²) in [6.45, 7) is 4.38. The third-order valence-electron chi connectivity index (χ3n) is 3.66. The van der Waals surface area contributed by atoms with E-state index in [4.69, 9.17) is 10.3 Å². The van der Waals surface area contributed by atoms with Gasteiger partial charge in [-0.1, -0.05) is 19.0 Å². The summed E-state index contributed by atoms with van der Waals surface area (Å²) in [6.07, 6.45) is 5.97. The molecule has 0 bridgehead atoms. The standard InChI is InChI=1S/C15H20N2OS/c1-9(2)7-11-14(17-18-15(11)16)13-8-10-5-3-4-6-12(10)19-13/h8-9H,3-7,16H2,1-2H3. The topological polar surface area (TPSA) is 52.0 Å². The Morgan fingerprint density at radius 2 is 2.16 bits per heavy atom. The Labute approximate surface area is 117 Å². The van der Waals surface area contributed by atoms with E-state index < -0.39 is 0 Å². The van der Waals surface area contributed by atoms with Crippen molar-refractivity contribution in [1.82, 2.24) is 5.16 Å². The minimum absolute atomic E-state index is 0.482. The third-order valence-corrected chi connectivity index (χ3v) is 4.90. The number of rotatable bonds is 3. The van der Waals surface area contributed by atoms with Gasteiger partial charge in [0, 0.05) is 10.4 Å². The monoisotopic (exact) mass is 276 g/mol. The molecule has 0 aromatic carbocycles. The fourth-order valence-electron chi connectivity index (χ4n) is 2.73. The van der Waals surface area contributed by atoms with E-state index >= 15 is 0 Å². The van der Waals surface area contributed by atoms with Crippen molar-refractivity contribution in [2.24, 2.45) is 5.92 Å². The van der Waals surface area contributed by atoms with E-state index in [0.717, 1.165) is 17.7 Å². The van der Waals surface area contributed by atoms with Crippen LogP contribution in [0.2, 0.25) is 0 Å². The fraction of sp³-hybridized carbons (Fsp3) is 0.533. The number of fused-ring (bicyclic) bond motifs is 1. The summed E-state index contributed by atoms with van der Waals surface area (Å²) in [4.78, 5) is 2.75. The Balaban J connectivity index is 1.99. The molecule has 19 heavy (non-hydrogen) atoms. The molecule has 0 radical (unpaired) electrons. The lowest BCUT2D eigenvalue weighted by Gasteiger charge is -2.08. The number of aromatic nitrogens is 1. The molecular formula is C15H20N2OS. The summed E-state index contributed by atoms with van der Waals surface area (Å²) in [7, 11) is 0. The van der Waals surface area contributed by atoms with Crippen LogP contribution < -0.4 is 5.73 Å². The number of aryl methyl sites for hydroxylation is 2. The van der Waals surface area contributed by atoms with E-state index in [0.29, 0.717) is 11.8 Å². The highest BCUT2D eigenvalue weighted by Gasteiger charge is 2.21. The van der Waals surface area contributed by atoms with Crippen LogP contribution in [0.25, 0.3) is 10.6 Å². The van der Waals surface area contributed by atoms with E-state index in [9.17, 15) is 0 Å². The smallest absolute Gasteiger partial charge is 0.225 e. The van der Waals surface area contributed by atoms with Gasteiger partial charge in [-0.05, 0) is 49.7 Å². The van der Waals surface area contributed by atoms with Crippen LogP contribution in [0.1, 0.15) is 42.7 Å². The average Bonchev–Trinajstić information content (AvgIpc) is 2.93. The molecule has 2 heterocycles. The van der Waals surface area contributed by atoms with Gasteiger partial charge in [0.2, 0.25) is 5.88 Å². The summed E-state index contributed by atoms with van der Waals surface area (Å²) < 4.78 is 5.22. The van der Waals surface area contributed by atoms with Crippen LogP contribution in [-0.2, 0) is 19.3 Å². The second-order valence-corrected chi connectivity index (χ2v) is 6.87. The van der Waals surface area contributed by atoms with Crippen LogP contribution in [0, 0.1) is 5.92 Å². The van der Waals surface area contributed by atoms with Crippen molar-refractivity contribution in [2.45, 2.75) is 46.0 Å². The lowest BCUT2D eigenvalue weighted by atomic mass is 9.98. The summed E-state index contributed by atoms with van der Waals surface area (Å²) in [5, 5.41) is 4.19. The predicted octanol–water partition coefficient (Wildman–Crippen LogP) is 4.06. The summed E-state index contributed by atoms with van der Waals surface area (Å²) >= 11 is 1.86. The largest absolute Gasteiger partial charge is 0.367 e. The SMILES string of the molecule is CC(C)Cc1c(-c2cc3c(s2)CCCC3)noc1N. The van der Waals surface area contributed by atoms with Crippen LogP contribution in [0.15, 0.2) is 10.6 Å². The molecule has 3 nitrogen and oxygen atoms in total. The van der Waals surface area contributed by atoms with Gasteiger partial charge in [-0.3, -0.25) is 0 Å². The van der Waals surface area contributed by atoms with E-state index in [1.807, 2.05) is 11.3 Å². The first-order chi connectivity index (χ1) is 9.15. The molecule has 0 spiro atoms. The molecule has 1 aliphatic carbocycles. The molecule has 0 fully saturated rings.